The van der Waals surface area contributed by atoms with Gasteiger partial charge in [-0.25, -0.2) is 0 Å². The predicted molar refractivity (Wildman–Crippen MR) is 85.1 cm³/mol. The van der Waals surface area contributed by atoms with Crippen molar-refractivity contribution in [1.29, 1.82) is 0 Å². The SMILES string of the molecule is COC1(C)CCCN(C(=O)C(C)(C)c2ccc(N)cc2)C1. The molecule has 0 aromatic heterocycles. The third kappa shape index (κ3) is 3.21. The molecule has 1 aromatic carbocycles. The molecule has 4 heteroatoms. The highest BCUT2D eigenvalue weighted by atomic mass is 16.5. The summed E-state index contributed by atoms with van der Waals surface area (Å²) in [4.78, 5) is 14.9. The lowest BCUT2D eigenvalue weighted by molar-refractivity contribution is -0.144. The summed E-state index contributed by atoms with van der Waals surface area (Å²) in [5, 5.41) is 0. The first-order valence-electron chi connectivity index (χ1n) is 7.49. The molecule has 1 amide bonds. The number of ether oxygens (including phenoxy) is 1. The minimum absolute atomic E-state index is 0.148. The number of carbonyl (C=O) groups excluding carboxylic acids is 1. The number of likely N-dealkylation sites (tertiary alicyclic amines) is 1. The Morgan fingerprint density at radius 1 is 1.33 bits per heavy atom. The van der Waals surface area contributed by atoms with Crippen LogP contribution in [-0.4, -0.2) is 36.6 Å². The second-order valence-electron chi connectivity index (χ2n) is 6.73. The Morgan fingerprint density at radius 3 is 2.52 bits per heavy atom. The average Bonchev–Trinajstić information content (AvgIpc) is 2.47. The van der Waals surface area contributed by atoms with Crippen LogP contribution in [0.2, 0.25) is 0 Å². The topological polar surface area (TPSA) is 55.6 Å². The van der Waals surface area contributed by atoms with Crippen LogP contribution in [0.4, 0.5) is 5.69 Å². The molecule has 1 fully saturated rings. The van der Waals surface area contributed by atoms with Gasteiger partial charge in [0.05, 0.1) is 11.0 Å². The molecule has 1 aromatic rings. The van der Waals surface area contributed by atoms with Crippen LogP contribution in [0.5, 0.6) is 0 Å². The fraction of sp³-hybridized carbons (Fsp3) is 0.588. The van der Waals surface area contributed by atoms with Gasteiger partial charge in [-0.1, -0.05) is 12.1 Å². The number of anilines is 1. The van der Waals surface area contributed by atoms with Gasteiger partial charge in [0, 0.05) is 25.9 Å². The number of carbonyl (C=O) groups is 1. The first-order chi connectivity index (χ1) is 9.78. The van der Waals surface area contributed by atoms with E-state index in [0.717, 1.165) is 24.9 Å². The van der Waals surface area contributed by atoms with Crippen LogP contribution < -0.4 is 5.73 Å². The van der Waals surface area contributed by atoms with Crippen LogP contribution >= 0.6 is 0 Å². The fourth-order valence-corrected chi connectivity index (χ4v) is 2.96. The molecule has 2 N–H and O–H groups in total. The molecule has 1 aliphatic heterocycles. The minimum atomic E-state index is -0.556. The Morgan fingerprint density at radius 2 is 1.95 bits per heavy atom. The number of rotatable bonds is 3. The first-order valence-corrected chi connectivity index (χ1v) is 7.49. The Balaban J connectivity index is 2.19. The Labute approximate surface area is 127 Å². The second-order valence-corrected chi connectivity index (χ2v) is 6.73. The van der Waals surface area contributed by atoms with Gasteiger partial charge < -0.3 is 15.4 Å². The highest BCUT2D eigenvalue weighted by Gasteiger charge is 2.39. The zero-order valence-corrected chi connectivity index (χ0v) is 13.5. The molecule has 4 nitrogen and oxygen atoms in total. The quantitative estimate of drug-likeness (QED) is 0.871. The molecule has 0 saturated carbocycles. The lowest BCUT2D eigenvalue weighted by Crippen LogP contribution is -2.53. The standard InChI is InChI=1S/C17H26N2O2/c1-16(2,13-6-8-14(18)9-7-13)15(20)19-11-5-10-17(3,12-19)21-4/h6-9H,5,10-12,18H2,1-4H3. The highest BCUT2D eigenvalue weighted by Crippen LogP contribution is 2.30. The number of hydrogen-bond donors (Lipinski definition) is 1. The minimum Gasteiger partial charge on any atom is -0.399 e. The lowest BCUT2D eigenvalue weighted by Gasteiger charge is -2.42. The third-order valence-corrected chi connectivity index (χ3v) is 4.61. The number of nitrogen functional groups attached to an aromatic ring is 1. The molecule has 1 saturated heterocycles. The maximum absolute atomic E-state index is 12.9. The van der Waals surface area contributed by atoms with E-state index in [1.54, 1.807) is 7.11 Å². The van der Waals surface area contributed by atoms with Crippen molar-refractivity contribution in [2.75, 3.05) is 25.9 Å². The first kappa shape index (κ1) is 15.8. The molecule has 1 heterocycles. The normalized spacial score (nSPS) is 23.1. The van der Waals surface area contributed by atoms with Crippen molar-refractivity contribution in [2.24, 2.45) is 0 Å². The van der Waals surface area contributed by atoms with Crippen molar-refractivity contribution >= 4 is 11.6 Å². The molecule has 1 aliphatic rings. The highest BCUT2D eigenvalue weighted by molar-refractivity contribution is 5.87. The van der Waals surface area contributed by atoms with E-state index >= 15 is 0 Å². The summed E-state index contributed by atoms with van der Waals surface area (Å²) in [6.07, 6.45) is 1.98. The van der Waals surface area contributed by atoms with Crippen molar-refractivity contribution in [2.45, 2.75) is 44.6 Å². The Kier molecular flexibility index (Phi) is 4.28. The summed E-state index contributed by atoms with van der Waals surface area (Å²) in [7, 11) is 1.72. The number of piperidine rings is 1. The van der Waals surface area contributed by atoms with E-state index in [0.29, 0.717) is 12.2 Å². The summed E-state index contributed by atoms with van der Waals surface area (Å²) < 4.78 is 5.58. The van der Waals surface area contributed by atoms with Crippen molar-refractivity contribution < 1.29 is 9.53 Å². The summed E-state index contributed by atoms with van der Waals surface area (Å²) >= 11 is 0. The average molecular weight is 290 g/mol. The zero-order chi connectivity index (χ0) is 15.7. The molecular weight excluding hydrogens is 264 g/mol. The summed E-state index contributed by atoms with van der Waals surface area (Å²) in [6.45, 7) is 7.47. The van der Waals surface area contributed by atoms with Gasteiger partial charge in [-0.3, -0.25) is 4.79 Å². The van der Waals surface area contributed by atoms with E-state index in [4.69, 9.17) is 10.5 Å². The molecule has 1 atom stereocenters. The number of hydrogen-bond acceptors (Lipinski definition) is 3. The van der Waals surface area contributed by atoms with E-state index in [9.17, 15) is 4.79 Å². The molecule has 0 aliphatic carbocycles. The summed E-state index contributed by atoms with van der Waals surface area (Å²) in [5.74, 6) is 0.148. The Hall–Kier alpha value is -1.55. The second kappa shape index (κ2) is 5.68. The zero-order valence-electron chi connectivity index (χ0n) is 13.5. The number of methoxy groups -OCH3 is 1. The van der Waals surface area contributed by atoms with Crippen molar-refractivity contribution in [3.63, 3.8) is 0 Å². The third-order valence-electron chi connectivity index (χ3n) is 4.61. The monoisotopic (exact) mass is 290 g/mol. The number of nitrogens with two attached hydrogens (primary N) is 1. The van der Waals surface area contributed by atoms with E-state index < -0.39 is 5.41 Å². The Bertz CT molecular complexity index is 510. The van der Waals surface area contributed by atoms with Crippen LogP contribution in [0.15, 0.2) is 24.3 Å². The van der Waals surface area contributed by atoms with Crippen LogP contribution in [-0.2, 0) is 14.9 Å². The smallest absolute Gasteiger partial charge is 0.232 e. The van der Waals surface area contributed by atoms with Crippen LogP contribution in [0.1, 0.15) is 39.2 Å². The maximum Gasteiger partial charge on any atom is 0.232 e. The molecule has 0 bridgehead atoms. The van der Waals surface area contributed by atoms with Gasteiger partial charge in [-0.2, -0.15) is 0 Å². The molecule has 0 spiro atoms. The fourth-order valence-electron chi connectivity index (χ4n) is 2.96. The van der Waals surface area contributed by atoms with Crippen LogP contribution in [0, 0.1) is 0 Å². The van der Waals surface area contributed by atoms with E-state index in [1.165, 1.54) is 0 Å². The maximum atomic E-state index is 12.9. The van der Waals surface area contributed by atoms with E-state index in [-0.39, 0.29) is 11.5 Å². The number of nitrogens with zero attached hydrogens (tertiary/aromatic N) is 1. The van der Waals surface area contributed by atoms with Gasteiger partial charge >= 0.3 is 0 Å². The number of amides is 1. The van der Waals surface area contributed by atoms with Gasteiger partial charge in [-0.15, -0.1) is 0 Å². The molecule has 0 radical (unpaired) electrons. The van der Waals surface area contributed by atoms with Gasteiger partial charge in [-0.05, 0) is 51.3 Å². The molecule has 1 unspecified atom stereocenters. The molecule has 21 heavy (non-hydrogen) atoms. The van der Waals surface area contributed by atoms with Crippen molar-refractivity contribution in [3.8, 4) is 0 Å². The number of benzene rings is 1. The van der Waals surface area contributed by atoms with Gasteiger partial charge in [0.15, 0.2) is 0 Å². The van der Waals surface area contributed by atoms with Gasteiger partial charge in [0.25, 0.3) is 0 Å². The van der Waals surface area contributed by atoms with Gasteiger partial charge in [0.2, 0.25) is 5.91 Å². The van der Waals surface area contributed by atoms with Crippen molar-refractivity contribution in [1.82, 2.24) is 4.90 Å². The molecule has 116 valence electrons. The summed E-state index contributed by atoms with van der Waals surface area (Å²) in [6, 6.07) is 7.57. The predicted octanol–water partition coefficient (Wildman–Crippen LogP) is 2.57. The van der Waals surface area contributed by atoms with Gasteiger partial charge in [0.1, 0.15) is 0 Å². The van der Waals surface area contributed by atoms with Crippen LogP contribution in [0.3, 0.4) is 0 Å². The summed E-state index contributed by atoms with van der Waals surface area (Å²) in [5.41, 5.74) is 6.65. The molecular formula is C17H26N2O2. The lowest BCUT2D eigenvalue weighted by atomic mass is 9.82. The van der Waals surface area contributed by atoms with E-state index in [1.807, 2.05) is 43.0 Å². The largest absolute Gasteiger partial charge is 0.399 e. The van der Waals surface area contributed by atoms with Crippen LogP contribution in [0.25, 0.3) is 0 Å². The van der Waals surface area contributed by atoms with E-state index in [2.05, 4.69) is 6.92 Å². The van der Waals surface area contributed by atoms with Crippen molar-refractivity contribution in [3.05, 3.63) is 29.8 Å². The molecule has 2 rings (SSSR count).